The van der Waals surface area contributed by atoms with Crippen molar-refractivity contribution >= 4 is 29.2 Å². The Bertz CT molecular complexity index is 1060. The van der Waals surface area contributed by atoms with Crippen molar-refractivity contribution in [3.05, 3.63) is 60.4 Å². The topological polar surface area (TPSA) is 119 Å². The number of anilines is 2. The van der Waals surface area contributed by atoms with Crippen LogP contribution in [0.5, 0.6) is 0 Å². The summed E-state index contributed by atoms with van der Waals surface area (Å²) in [5.74, 6) is -1.12. The minimum atomic E-state index is -0.680. The first-order chi connectivity index (χ1) is 14.6. The summed E-state index contributed by atoms with van der Waals surface area (Å²) in [4.78, 5) is 38.2. The first kappa shape index (κ1) is 19.2. The average molecular weight is 406 g/mol. The zero-order valence-electron chi connectivity index (χ0n) is 16.1. The lowest BCUT2D eigenvalue weighted by atomic mass is 10.2. The van der Waals surface area contributed by atoms with Crippen molar-refractivity contribution < 1.29 is 19.1 Å². The Morgan fingerprint density at radius 1 is 1.10 bits per heavy atom. The highest BCUT2D eigenvalue weighted by Crippen LogP contribution is 2.26. The summed E-state index contributed by atoms with van der Waals surface area (Å²) in [6.45, 7) is 1.99. The molecular formula is C20H18N6O4. The molecule has 10 nitrogen and oxygen atoms in total. The van der Waals surface area contributed by atoms with Crippen LogP contribution < -0.4 is 10.2 Å². The minimum absolute atomic E-state index is 0.0349. The number of carbonyl (C=O) groups is 3. The Hall–Kier alpha value is -4.08. The molecule has 152 valence electrons. The van der Waals surface area contributed by atoms with Gasteiger partial charge in [-0.1, -0.05) is 0 Å². The molecule has 0 aliphatic carbocycles. The maximum absolute atomic E-state index is 12.8. The molecule has 1 saturated heterocycles. The Kier molecular flexibility index (Phi) is 5.21. The van der Waals surface area contributed by atoms with E-state index in [0.29, 0.717) is 16.9 Å². The highest BCUT2D eigenvalue weighted by atomic mass is 16.5. The van der Waals surface area contributed by atoms with Crippen LogP contribution in [0.25, 0.3) is 5.69 Å². The first-order valence-electron chi connectivity index (χ1n) is 9.30. The third-order valence-electron chi connectivity index (χ3n) is 4.61. The van der Waals surface area contributed by atoms with E-state index < -0.39 is 12.0 Å². The van der Waals surface area contributed by atoms with Crippen LogP contribution in [0.3, 0.4) is 0 Å². The summed E-state index contributed by atoms with van der Waals surface area (Å²) in [6.07, 6.45) is 1.51. The average Bonchev–Trinajstić information content (AvgIpc) is 3.38. The monoisotopic (exact) mass is 406 g/mol. The van der Waals surface area contributed by atoms with E-state index in [4.69, 9.17) is 4.74 Å². The standard InChI is InChI=1S/C20H18N6O4/c1-2-30-20(29)13-3-7-16(8-4-13)26-18(27)11-17(19(26)28)22-14-5-9-15(10-6-14)25-12-21-23-24-25/h3-10,12,17,22H,2,11H2,1H3/t17-/m1/s1. The third kappa shape index (κ3) is 3.75. The fourth-order valence-electron chi connectivity index (χ4n) is 3.17. The second-order valence-corrected chi connectivity index (χ2v) is 6.54. The maximum Gasteiger partial charge on any atom is 0.338 e. The predicted octanol–water partition coefficient (Wildman–Crippen LogP) is 1.58. The maximum atomic E-state index is 12.8. The molecule has 2 aromatic carbocycles. The Labute approximate surface area is 171 Å². The number of esters is 1. The second kappa shape index (κ2) is 8.11. The molecule has 1 N–H and O–H groups in total. The summed E-state index contributed by atoms with van der Waals surface area (Å²) in [6, 6.07) is 12.7. The summed E-state index contributed by atoms with van der Waals surface area (Å²) >= 11 is 0. The molecule has 30 heavy (non-hydrogen) atoms. The van der Waals surface area contributed by atoms with Crippen molar-refractivity contribution in [2.45, 2.75) is 19.4 Å². The zero-order chi connectivity index (χ0) is 21.1. The van der Waals surface area contributed by atoms with Crippen LogP contribution in [0.15, 0.2) is 54.9 Å². The van der Waals surface area contributed by atoms with Gasteiger partial charge in [-0.3, -0.25) is 9.59 Å². The number of imide groups is 1. The number of carbonyl (C=O) groups excluding carboxylic acids is 3. The lowest BCUT2D eigenvalue weighted by Gasteiger charge is -2.16. The van der Waals surface area contributed by atoms with Gasteiger partial charge in [0, 0.05) is 5.69 Å². The Balaban J connectivity index is 1.45. The molecule has 1 aromatic heterocycles. The molecule has 1 aliphatic heterocycles. The van der Waals surface area contributed by atoms with Gasteiger partial charge in [0.1, 0.15) is 12.4 Å². The normalized spacial score (nSPS) is 16.0. The van der Waals surface area contributed by atoms with E-state index >= 15 is 0 Å². The number of aromatic nitrogens is 4. The van der Waals surface area contributed by atoms with Crippen molar-refractivity contribution in [1.82, 2.24) is 20.2 Å². The van der Waals surface area contributed by atoms with Crippen LogP contribution in [-0.2, 0) is 14.3 Å². The number of tetrazole rings is 1. The van der Waals surface area contributed by atoms with Gasteiger partial charge in [-0.15, -0.1) is 5.10 Å². The molecule has 0 spiro atoms. The molecular weight excluding hydrogens is 388 g/mol. The van der Waals surface area contributed by atoms with Gasteiger partial charge in [0.05, 0.1) is 30.0 Å². The summed E-state index contributed by atoms with van der Waals surface area (Å²) in [5.41, 5.74) is 2.23. The van der Waals surface area contributed by atoms with E-state index in [9.17, 15) is 14.4 Å². The number of nitrogens with one attached hydrogen (secondary N) is 1. The highest BCUT2D eigenvalue weighted by molar-refractivity contribution is 6.23. The van der Waals surface area contributed by atoms with Crippen molar-refractivity contribution in [2.75, 3.05) is 16.8 Å². The number of rotatable bonds is 6. The lowest BCUT2D eigenvalue weighted by Crippen LogP contribution is -2.34. The molecule has 2 amide bonds. The van der Waals surface area contributed by atoms with Crippen molar-refractivity contribution in [3.8, 4) is 5.69 Å². The SMILES string of the molecule is CCOC(=O)c1ccc(N2C(=O)C[C@@H](Nc3ccc(-n4cnnn4)cc3)C2=O)cc1. The van der Waals surface area contributed by atoms with Crippen molar-refractivity contribution in [1.29, 1.82) is 0 Å². The van der Waals surface area contributed by atoms with Gasteiger partial charge in [0.25, 0.3) is 5.91 Å². The van der Waals surface area contributed by atoms with Crippen LogP contribution in [0, 0.1) is 0 Å². The van der Waals surface area contributed by atoms with Gasteiger partial charge in [0.15, 0.2) is 0 Å². The van der Waals surface area contributed by atoms with Gasteiger partial charge >= 0.3 is 5.97 Å². The summed E-state index contributed by atoms with van der Waals surface area (Å²) < 4.78 is 6.45. The molecule has 10 heteroatoms. The molecule has 1 atom stereocenters. The number of hydrogen-bond acceptors (Lipinski definition) is 8. The Morgan fingerprint density at radius 2 is 1.80 bits per heavy atom. The van der Waals surface area contributed by atoms with Crippen LogP contribution in [0.2, 0.25) is 0 Å². The van der Waals surface area contributed by atoms with Crippen LogP contribution in [-0.4, -0.2) is 50.6 Å². The van der Waals surface area contributed by atoms with Crippen LogP contribution >= 0.6 is 0 Å². The molecule has 1 aliphatic rings. The number of nitrogens with zero attached hydrogens (tertiary/aromatic N) is 5. The van der Waals surface area contributed by atoms with E-state index in [1.807, 2.05) is 0 Å². The molecule has 0 saturated carbocycles. The first-order valence-corrected chi connectivity index (χ1v) is 9.30. The zero-order valence-corrected chi connectivity index (χ0v) is 16.1. The smallest absolute Gasteiger partial charge is 0.338 e. The fraction of sp³-hybridized carbons (Fsp3) is 0.200. The van der Waals surface area contributed by atoms with E-state index in [-0.39, 0.29) is 24.8 Å². The molecule has 4 rings (SSSR count). The molecule has 0 bridgehead atoms. The minimum Gasteiger partial charge on any atom is -0.462 e. The van der Waals surface area contributed by atoms with Gasteiger partial charge in [-0.2, -0.15) is 0 Å². The fourth-order valence-corrected chi connectivity index (χ4v) is 3.17. The molecule has 2 heterocycles. The second-order valence-electron chi connectivity index (χ2n) is 6.54. The Morgan fingerprint density at radius 3 is 2.43 bits per heavy atom. The largest absolute Gasteiger partial charge is 0.462 e. The van der Waals surface area contributed by atoms with E-state index in [0.717, 1.165) is 10.6 Å². The van der Waals surface area contributed by atoms with Gasteiger partial charge in [0.2, 0.25) is 5.91 Å². The van der Waals surface area contributed by atoms with Gasteiger partial charge in [-0.25, -0.2) is 14.4 Å². The van der Waals surface area contributed by atoms with E-state index in [2.05, 4.69) is 20.8 Å². The summed E-state index contributed by atoms with van der Waals surface area (Å²) in [5, 5.41) is 14.1. The van der Waals surface area contributed by atoms with E-state index in [1.165, 1.54) is 23.1 Å². The number of ether oxygens (including phenoxy) is 1. The number of amides is 2. The number of hydrogen-bond donors (Lipinski definition) is 1. The quantitative estimate of drug-likeness (QED) is 0.484. The third-order valence-corrected chi connectivity index (χ3v) is 4.61. The molecule has 3 aromatic rings. The van der Waals surface area contributed by atoms with Crippen LogP contribution in [0.1, 0.15) is 23.7 Å². The van der Waals surface area contributed by atoms with Gasteiger partial charge < -0.3 is 10.1 Å². The number of benzene rings is 2. The highest BCUT2D eigenvalue weighted by Gasteiger charge is 2.39. The van der Waals surface area contributed by atoms with E-state index in [1.54, 1.807) is 43.3 Å². The van der Waals surface area contributed by atoms with Gasteiger partial charge in [-0.05, 0) is 65.9 Å². The predicted molar refractivity (Wildman–Crippen MR) is 106 cm³/mol. The lowest BCUT2D eigenvalue weighted by molar-refractivity contribution is -0.121. The molecule has 0 radical (unpaired) electrons. The van der Waals surface area contributed by atoms with Crippen molar-refractivity contribution in [3.63, 3.8) is 0 Å². The summed E-state index contributed by atoms with van der Waals surface area (Å²) in [7, 11) is 0. The van der Waals surface area contributed by atoms with Crippen molar-refractivity contribution in [2.24, 2.45) is 0 Å². The molecule has 1 fully saturated rings. The van der Waals surface area contributed by atoms with Crippen LogP contribution in [0.4, 0.5) is 11.4 Å². The molecule has 0 unspecified atom stereocenters.